The molecule has 1 N–H and O–H groups in total. The maximum absolute atomic E-state index is 12.2. The number of carbonyl (C=O) groups is 1. The number of fused-ring (bicyclic) bond motifs is 1. The molecule has 0 atom stereocenters. The van der Waals surface area contributed by atoms with Gasteiger partial charge >= 0.3 is 0 Å². The molecule has 1 aliphatic heterocycles. The normalized spacial score (nSPS) is 13.1. The highest BCUT2D eigenvalue weighted by atomic mass is 35.5. The van der Waals surface area contributed by atoms with Gasteiger partial charge in [0.1, 0.15) is 5.75 Å². The van der Waals surface area contributed by atoms with E-state index in [2.05, 4.69) is 5.32 Å². The first-order valence-electron chi connectivity index (χ1n) is 7.81. The van der Waals surface area contributed by atoms with E-state index in [-0.39, 0.29) is 12.5 Å². The van der Waals surface area contributed by atoms with Gasteiger partial charge in [-0.15, -0.1) is 0 Å². The number of hydrogen-bond acceptors (Lipinski definition) is 4. The topological polar surface area (TPSA) is 56.8 Å². The molecule has 2 aromatic rings. The minimum atomic E-state index is -0.328. The van der Waals surface area contributed by atoms with Crippen LogP contribution in [0.1, 0.15) is 12.0 Å². The third-order valence-corrected chi connectivity index (χ3v) is 4.15. The molecule has 5 nitrogen and oxygen atoms in total. The van der Waals surface area contributed by atoms with E-state index in [0.29, 0.717) is 46.2 Å². The number of halogens is 2. The zero-order valence-electron chi connectivity index (χ0n) is 13.6. The molecular formula is C18H17Cl2NO4. The van der Waals surface area contributed by atoms with Crippen LogP contribution in [-0.2, 0) is 4.79 Å². The van der Waals surface area contributed by atoms with Crippen LogP contribution in [0.4, 0.5) is 5.69 Å². The van der Waals surface area contributed by atoms with Gasteiger partial charge in [-0.05, 0) is 30.7 Å². The SMILES string of the molecule is Cc1cc(Cl)ccc1OCC(=O)Nc1cc2c(cc1Cl)OCCCO2. The monoisotopic (exact) mass is 381 g/mol. The van der Waals surface area contributed by atoms with Gasteiger partial charge in [0.05, 0.1) is 23.9 Å². The first kappa shape index (κ1) is 17.7. The molecule has 7 heteroatoms. The van der Waals surface area contributed by atoms with Crippen molar-refractivity contribution in [3.8, 4) is 17.2 Å². The number of anilines is 1. The van der Waals surface area contributed by atoms with E-state index in [4.69, 9.17) is 37.4 Å². The van der Waals surface area contributed by atoms with E-state index in [9.17, 15) is 4.79 Å². The Kier molecular flexibility index (Phi) is 5.56. The molecule has 1 amide bonds. The number of rotatable bonds is 4. The molecule has 0 unspecified atom stereocenters. The largest absolute Gasteiger partial charge is 0.490 e. The average molecular weight is 382 g/mol. The fourth-order valence-corrected chi connectivity index (χ4v) is 2.81. The van der Waals surface area contributed by atoms with Crippen molar-refractivity contribution in [2.24, 2.45) is 0 Å². The lowest BCUT2D eigenvalue weighted by Gasteiger charge is -2.13. The van der Waals surface area contributed by atoms with Crippen molar-refractivity contribution in [3.63, 3.8) is 0 Å². The number of benzene rings is 2. The van der Waals surface area contributed by atoms with Gasteiger partial charge < -0.3 is 19.5 Å². The molecule has 0 saturated carbocycles. The summed E-state index contributed by atoms with van der Waals surface area (Å²) in [5.74, 6) is 1.41. The molecule has 3 rings (SSSR count). The van der Waals surface area contributed by atoms with Gasteiger partial charge in [0, 0.05) is 23.6 Å². The summed E-state index contributed by atoms with van der Waals surface area (Å²) in [6.45, 7) is 2.84. The minimum absolute atomic E-state index is 0.146. The molecule has 1 heterocycles. The van der Waals surface area contributed by atoms with Crippen LogP contribution < -0.4 is 19.5 Å². The number of amides is 1. The fraction of sp³-hybridized carbons (Fsp3) is 0.278. The molecular weight excluding hydrogens is 365 g/mol. The molecule has 0 spiro atoms. The molecule has 0 fully saturated rings. The summed E-state index contributed by atoms with van der Waals surface area (Å²) in [6, 6.07) is 8.51. The first-order chi connectivity index (χ1) is 12.0. The number of aryl methyl sites for hydroxylation is 1. The second-order valence-electron chi connectivity index (χ2n) is 5.58. The van der Waals surface area contributed by atoms with Gasteiger partial charge in [-0.2, -0.15) is 0 Å². The maximum Gasteiger partial charge on any atom is 0.262 e. The Labute approximate surface area is 155 Å². The van der Waals surface area contributed by atoms with Crippen molar-refractivity contribution < 1.29 is 19.0 Å². The maximum atomic E-state index is 12.2. The molecule has 0 bridgehead atoms. The summed E-state index contributed by atoms with van der Waals surface area (Å²) in [5, 5.41) is 3.72. The highest BCUT2D eigenvalue weighted by molar-refractivity contribution is 6.34. The first-order valence-corrected chi connectivity index (χ1v) is 8.56. The van der Waals surface area contributed by atoms with Crippen molar-refractivity contribution in [1.29, 1.82) is 0 Å². The Morgan fingerprint density at radius 2 is 1.88 bits per heavy atom. The summed E-state index contributed by atoms with van der Waals surface area (Å²) in [6.07, 6.45) is 0.794. The van der Waals surface area contributed by atoms with Gasteiger partial charge in [0.15, 0.2) is 18.1 Å². The summed E-state index contributed by atoms with van der Waals surface area (Å²) in [5.41, 5.74) is 1.31. The fourth-order valence-electron chi connectivity index (χ4n) is 2.38. The van der Waals surface area contributed by atoms with Gasteiger partial charge in [0.2, 0.25) is 0 Å². The van der Waals surface area contributed by atoms with E-state index >= 15 is 0 Å². The van der Waals surface area contributed by atoms with Crippen molar-refractivity contribution in [2.75, 3.05) is 25.1 Å². The van der Waals surface area contributed by atoms with Crippen molar-refractivity contribution in [1.82, 2.24) is 0 Å². The molecule has 2 aromatic carbocycles. The summed E-state index contributed by atoms with van der Waals surface area (Å²) >= 11 is 12.1. The second kappa shape index (κ2) is 7.85. The zero-order chi connectivity index (χ0) is 17.8. The highest BCUT2D eigenvalue weighted by Crippen LogP contribution is 2.37. The Morgan fingerprint density at radius 1 is 1.16 bits per heavy atom. The predicted octanol–water partition coefficient (Wildman–Crippen LogP) is 4.48. The van der Waals surface area contributed by atoms with Gasteiger partial charge in [-0.25, -0.2) is 0 Å². The number of ether oxygens (including phenoxy) is 3. The van der Waals surface area contributed by atoms with E-state index in [0.717, 1.165) is 12.0 Å². The van der Waals surface area contributed by atoms with Crippen molar-refractivity contribution in [2.45, 2.75) is 13.3 Å². The van der Waals surface area contributed by atoms with Crippen LogP contribution in [0.2, 0.25) is 10.0 Å². The predicted molar refractivity (Wildman–Crippen MR) is 97.4 cm³/mol. The van der Waals surface area contributed by atoms with Crippen molar-refractivity contribution in [3.05, 3.63) is 45.9 Å². The lowest BCUT2D eigenvalue weighted by atomic mass is 10.2. The lowest BCUT2D eigenvalue weighted by molar-refractivity contribution is -0.118. The van der Waals surface area contributed by atoms with E-state index in [1.54, 1.807) is 30.3 Å². The molecule has 132 valence electrons. The third-order valence-electron chi connectivity index (χ3n) is 3.61. The standard InChI is InChI=1S/C18H17Cl2NO4/c1-11-7-12(19)3-4-15(11)25-10-18(22)21-14-9-17-16(8-13(14)20)23-5-2-6-24-17/h3-4,7-9H,2,5-6,10H2,1H3,(H,21,22). The number of hydrogen-bond donors (Lipinski definition) is 1. The molecule has 25 heavy (non-hydrogen) atoms. The van der Waals surface area contributed by atoms with Crippen LogP contribution in [0.25, 0.3) is 0 Å². The molecule has 0 saturated heterocycles. The highest BCUT2D eigenvalue weighted by Gasteiger charge is 2.16. The summed E-state index contributed by atoms with van der Waals surface area (Å²) < 4.78 is 16.7. The van der Waals surface area contributed by atoms with Gasteiger partial charge in [-0.1, -0.05) is 23.2 Å². The third kappa shape index (κ3) is 4.50. The second-order valence-corrected chi connectivity index (χ2v) is 6.42. The van der Waals surface area contributed by atoms with Crippen LogP contribution in [0.15, 0.2) is 30.3 Å². The number of carbonyl (C=O) groups excluding carboxylic acids is 1. The van der Waals surface area contributed by atoms with Crippen LogP contribution in [0, 0.1) is 6.92 Å². The van der Waals surface area contributed by atoms with Gasteiger partial charge in [-0.3, -0.25) is 4.79 Å². The van der Waals surface area contributed by atoms with Crippen LogP contribution in [0.5, 0.6) is 17.2 Å². The van der Waals surface area contributed by atoms with E-state index in [1.807, 2.05) is 6.92 Å². The quantitative estimate of drug-likeness (QED) is 0.847. The van der Waals surface area contributed by atoms with Crippen molar-refractivity contribution >= 4 is 34.8 Å². The van der Waals surface area contributed by atoms with Crippen LogP contribution >= 0.6 is 23.2 Å². The van der Waals surface area contributed by atoms with E-state index in [1.165, 1.54) is 0 Å². The van der Waals surface area contributed by atoms with Crippen LogP contribution in [0.3, 0.4) is 0 Å². The Bertz CT molecular complexity index is 795. The Morgan fingerprint density at radius 3 is 2.60 bits per heavy atom. The molecule has 1 aliphatic rings. The molecule has 0 aromatic heterocycles. The smallest absolute Gasteiger partial charge is 0.262 e. The van der Waals surface area contributed by atoms with E-state index < -0.39 is 0 Å². The molecule has 0 aliphatic carbocycles. The Hall–Kier alpha value is -2.11. The minimum Gasteiger partial charge on any atom is -0.490 e. The summed E-state index contributed by atoms with van der Waals surface area (Å²) in [7, 11) is 0. The average Bonchev–Trinajstić information content (AvgIpc) is 2.79. The van der Waals surface area contributed by atoms with Gasteiger partial charge in [0.25, 0.3) is 5.91 Å². The molecule has 0 radical (unpaired) electrons. The van der Waals surface area contributed by atoms with Crippen LogP contribution in [-0.4, -0.2) is 25.7 Å². The number of nitrogens with one attached hydrogen (secondary N) is 1. The summed E-state index contributed by atoms with van der Waals surface area (Å²) in [4.78, 5) is 12.2. The lowest BCUT2D eigenvalue weighted by Crippen LogP contribution is -2.20. The Balaban J connectivity index is 1.65. The zero-order valence-corrected chi connectivity index (χ0v) is 15.1.